The Labute approximate surface area is 111 Å². The van der Waals surface area contributed by atoms with Gasteiger partial charge in [-0.05, 0) is 36.4 Å². The number of para-hydroxylation sites is 1. The van der Waals surface area contributed by atoms with Crippen LogP contribution >= 0.6 is 0 Å². The second-order valence-electron chi connectivity index (χ2n) is 3.92. The first kappa shape index (κ1) is 12.7. The van der Waals surface area contributed by atoms with Gasteiger partial charge in [-0.15, -0.1) is 0 Å². The molecule has 1 amide bonds. The first-order valence-electron chi connectivity index (χ1n) is 5.73. The van der Waals surface area contributed by atoms with Gasteiger partial charge in [-0.2, -0.15) is 0 Å². The van der Waals surface area contributed by atoms with Crippen LogP contribution in [0.25, 0.3) is 6.08 Å². The molecule has 1 aromatic carbocycles. The van der Waals surface area contributed by atoms with E-state index >= 15 is 0 Å². The Bertz CT molecular complexity index is 613. The van der Waals surface area contributed by atoms with E-state index in [2.05, 4.69) is 11.9 Å². The first-order valence-corrected chi connectivity index (χ1v) is 5.73. The standard InChI is InChI=1S/C15H14N2O2/c1-11(8-9-12-5-4-10-19-12)17-15(18)13-6-2-3-7-14(13)16/h2-10H,1,16H2,(H,17,18)/b9-8+. The number of hydrogen-bond acceptors (Lipinski definition) is 3. The highest BCUT2D eigenvalue weighted by atomic mass is 16.3. The quantitative estimate of drug-likeness (QED) is 0.651. The molecule has 0 spiro atoms. The van der Waals surface area contributed by atoms with Crippen molar-refractivity contribution >= 4 is 17.7 Å². The van der Waals surface area contributed by atoms with Gasteiger partial charge in [-0.3, -0.25) is 4.79 Å². The maximum absolute atomic E-state index is 11.9. The van der Waals surface area contributed by atoms with E-state index in [0.717, 1.165) is 0 Å². The lowest BCUT2D eigenvalue weighted by Crippen LogP contribution is -2.22. The average molecular weight is 254 g/mol. The van der Waals surface area contributed by atoms with E-state index in [1.54, 1.807) is 54.8 Å². The Morgan fingerprint density at radius 1 is 1.26 bits per heavy atom. The van der Waals surface area contributed by atoms with E-state index in [0.29, 0.717) is 22.7 Å². The zero-order chi connectivity index (χ0) is 13.7. The minimum atomic E-state index is -0.285. The van der Waals surface area contributed by atoms with Gasteiger partial charge in [-0.25, -0.2) is 0 Å². The van der Waals surface area contributed by atoms with Gasteiger partial charge in [-0.1, -0.05) is 18.7 Å². The number of anilines is 1. The van der Waals surface area contributed by atoms with Gasteiger partial charge < -0.3 is 15.5 Å². The fourth-order valence-corrected chi connectivity index (χ4v) is 1.53. The van der Waals surface area contributed by atoms with Crippen molar-refractivity contribution in [1.29, 1.82) is 0 Å². The van der Waals surface area contributed by atoms with Gasteiger partial charge in [0.25, 0.3) is 5.91 Å². The zero-order valence-electron chi connectivity index (χ0n) is 10.3. The van der Waals surface area contributed by atoms with Gasteiger partial charge >= 0.3 is 0 Å². The Morgan fingerprint density at radius 2 is 2.05 bits per heavy atom. The largest absolute Gasteiger partial charge is 0.465 e. The Morgan fingerprint density at radius 3 is 2.74 bits per heavy atom. The van der Waals surface area contributed by atoms with Crippen LogP contribution in [-0.4, -0.2) is 5.91 Å². The summed E-state index contributed by atoms with van der Waals surface area (Å²) in [5.41, 5.74) is 7.05. The lowest BCUT2D eigenvalue weighted by atomic mass is 10.1. The lowest BCUT2D eigenvalue weighted by Gasteiger charge is -2.06. The van der Waals surface area contributed by atoms with Crippen LogP contribution in [0.1, 0.15) is 16.1 Å². The molecule has 3 N–H and O–H groups in total. The molecule has 0 atom stereocenters. The number of furan rings is 1. The van der Waals surface area contributed by atoms with Crippen molar-refractivity contribution in [3.05, 3.63) is 72.3 Å². The number of nitrogen functional groups attached to an aromatic ring is 1. The van der Waals surface area contributed by atoms with E-state index in [1.165, 1.54) is 0 Å². The fraction of sp³-hybridized carbons (Fsp3) is 0. The highest BCUT2D eigenvalue weighted by Crippen LogP contribution is 2.11. The van der Waals surface area contributed by atoms with Crippen molar-refractivity contribution < 1.29 is 9.21 Å². The lowest BCUT2D eigenvalue weighted by molar-refractivity contribution is 0.0968. The number of nitrogens with two attached hydrogens (primary N) is 1. The van der Waals surface area contributed by atoms with Crippen molar-refractivity contribution in [2.45, 2.75) is 0 Å². The number of amides is 1. The number of benzene rings is 1. The Balaban J connectivity index is 2.00. The summed E-state index contributed by atoms with van der Waals surface area (Å²) < 4.78 is 5.13. The van der Waals surface area contributed by atoms with Crippen molar-refractivity contribution in [1.82, 2.24) is 5.32 Å². The van der Waals surface area contributed by atoms with Gasteiger partial charge in [0.1, 0.15) is 5.76 Å². The average Bonchev–Trinajstić information content (AvgIpc) is 2.90. The second-order valence-corrected chi connectivity index (χ2v) is 3.92. The molecule has 0 radical (unpaired) electrons. The summed E-state index contributed by atoms with van der Waals surface area (Å²) in [6.45, 7) is 3.75. The number of allylic oxidation sites excluding steroid dienone is 1. The maximum atomic E-state index is 11.9. The topological polar surface area (TPSA) is 68.3 Å². The van der Waals surface area contributed by atoms with E-state index in [9.17, 15) is 4.79 Å². The number of carbonyl (C=O) groups excluding carboxylic acids is 1. The molecule has 0 aliphatic heterocycles. The molecule has 0 fully saturated rings. The minimum absolute atomic E-state index is 0.285. The van der Waals surface area contributed by atoms with Crippen LogP contribution < -0.4 is 11.1 Å². The molecule has 1 aromatic heterocycles. The normalized spacial score (nSPS) is 10.5. The van der Waals surface area contributed by atoms with Gasteiger partial charge in [0, 0.05) is 11.4 Å². The van der Waals surface area contributed by atoms with Gasteiger partial charge in [0.2, 0.25) is 0 Å². The SMILES string of the molecule is C=C(/C=C/c1ccco1)NC(=O)c1ccccc1N. The summed E-state index contributed by atoms with van der Waals surface area (Å²) in [5.74, 6) is 0.404. The van der Waals surface area contributed by atoms with Crippen LogP contribution in [0.4, 0.5) is 5.69 Å². The van der Waals surface area contributed by atoms with Crippen LogP contribution in [0.5, 0.6) is 0 Å². The smallest absolute Gasteiger partial charge is 0.257 e. The van der Waals surface area contributed by atoms with Crippen LogP contribution in [0.15, 0.2) is 65.4 Å². The molecular formula is C15H14N2O2. The molecule has 0 aliphatic rings. The molecule has 0 aliphatic carbocycles. The monoisotopic (exact) mass is 254 g/mol. The molecule has 2 rings (SSSR count). The molecule has 0 saturated heterocycles. The van der Waals surface area contributed by atoms with Gasteiger partial charge in [0.05, 0.1) is 11.8 Å². The van der Waals surface area contributed by atoms with Crippen molar-refractivity contribution in [3.63, 3.8) is 0 Å². The van der Waals surface area contributed by atoms with Crippen LogP contribution in [0.2, 0.25) is 0 Å². The van der Waals surface area contributed by atoms with Crippen LogP contribution in [0.3, 0.4) is 0 Å². The van der Waals surface area contributed by atoms with Crippen LogP contribution in [-0.2, 0) is 0 Å². The molecule has 4 heteroatoms. The Hall–Kier alpha value is -2.75. The third-order valence-corrected chi connectivity index (χ3v) is 2.47. The third-order valence-electron chi connectivity index (χ3n) is 2.47. The molecule has 0 unspecified atom stereocenters. The van der Waals surface area contributed by atoms with Gasteiger partial charge in [0.15, 0.2) is 0 Å². The molecule has 0 bridgehead atoms. The molecule has 2 aromatic rings. The first-order chi connectivity index (χ1) is 9.16. The minimum Gasteiger partial charge on any atom is -0.465 e. The van der Waals surface area contributed by atoms with Crippen molar-refractivity contribution in [3.8, 4) is 0 Å². The van der Waals surface area contributed by atoms with E-state index in [4.69, 9.17) is 10.2 Å². The second kappa shape index (κ2) is 5.73. The summed E-state index contributed by atoms with van der Waals surface area (Å²) in [6, 6.07) is 10.5. The van der Waals surface area contributed by atoms with Crippen molar-refractivity contribution in [2.75, 3.05) is 5.73 Å². The summed E-state index contributed by atoms with van der Waals surface area (Å²) in [5, 5.41) is 2.66. The number of hydrogen-bond donors (Lipinski definition) is 2. The molecular weight excluding hydrogens is 240 g/mol. The molecule has 96 valence electrons. The van der Waals surface area contributed by atoms with E-state index in [-0.39, 0.29) is 5.91 Å². The number of rotatable bonds is 4. The maximum Gasteiger partial charge on any atom is 0.257 e. The summed E-state index contributed by atoms with van der Waals surface area (Å²) >= 11 is 0. The molecule has 4 nitrogen and oxygen atoms in total. The third kappa shape index (κ3) is 3.35. The highest BCUT2D eigenvalue weighted by Gasteiger charge is 2.08. The molecule has 19 heavy (non-hydrogen) atoms. The molecule has 0 saturated carbocycles. The summed E-state index contributed by atoms with van der Waals surface area (Å²) in [4.78, 5) is 11.9. The van der Waals surface area contributed by atoms with Crippen LogP contribution in [0, 0.1) is 0 Å². The van der Waals surface area contributed by atoms with E-state index in [1.807, 2.05) is 0 Å². The number of carbonyl (C=O) groups is 1. The zero-order valence-corrected chi connectivity index (χ0v) is 10.3. The summed E-state index contributed by atoms with van der Waals surface area (Å²) in [7, 11) is 0. The fourth-order valence-electron chi connectivity index (χ4n) is 1.53. The highest BCUT2D eigenvalue weighted by molar-refractivity contribution is 6.00. The number of nitrogens with one attached hydrogen (secondary N) is 1. The predicted molar refractivity (Wildman–Crippen MR) is 75.2 cm³/mol. The summed E-state index contributed by atoms with van der Waals surface area (Å²) in [6.07, 6.45) is 4.96. The molecule has 1 heterocycles. The van der Waals surface area contributed by atoms with E-state index < -0.39 is 0 Å². The Kier molecular flexibility index (Phi) is 3.83. The predicted octanol–water partition coefficient (Wildman–Crippen LogP) is 2.82. The van der Waals surface area contributed by atoms with Crippen molar-refractivity contribution in [2.24, 2.45) is 0 Å².